The molecule has 11 heteroatoms. The van der Waals surface area contributed by atoms with Gasteiger partial charge in [-0.15, -0.1) is 0 Å². The molecule has 3 aromatic carbocycles. The van der Waals surface area contributed by atoms with Gasteiger partial charge in [0.1, 0.15) is 40.5 Å². The first-order valence-corrected chi connectivity index (χ1v) is 15.3. The maximum absolute atomic E-state index is 8.90. The zero-order chi connectivity index (χ0) is 33.6. The average molecular weight is 622 g/mol. The first-order valence-electron chi connectivity index (χ1n) is 13.9. The molecule has 0 aliphatic heterocycles. The van der Waals surface area contributed by atoms with Crippen molar-refractivity contribution in [2.24, 2.45) is 5.73 Å². The minimum absolute atomic E-state index is 0.0422. The van der Waals surface area contributed by atoms with Gasteiger partial charge in [0, 0.05) is 27.6 Å². The molecule has 0 unspecified atom stereocenters. The van der Waals surface area contributed by atoms with E-state index < -0.39 is 10.4 Å². The van der Waals surface area contributed by atoms with Gasteiger partial charge in [-0.3, -0.25) is 8.42 Å². The summed E-state index contributed by atoms with van der Waals surface area (Å²) in [7, 11) is -5.17. The van der Waals surface area contributed by atoms with E-state index in [1.54, 1.807) is 12.1 Å². The summed E-state index contributed by atoms with van der Waals surface area (Å²) in [6.07, 6.45) is 0. The Labute approximate surface area is 257 Å². The van der Waals surface area contributed by atoms with Gasteiger partial charge in [-0.25, -0.2) is 0 Å². The number of phenols is 1. The van der Waals surface area contributed by atoms with E-state index in [2.05, 4.69) is 49.6 Å². The summed E-state index contributed by atoms with van der Waals surface area (Å²) < 4.78 is 45.5. The molecule has 0 spiro atoms. The molecule has 3 atom stereocenters. The van der Waals surface area contributed by atoms with Crippen molar-refractivity contribution in [1.82, 2.24) is 0 Å². The highest BCUT2D eigenvalue weighted by molar-refractivity contribution is 7.79. The molecule has 10 nitrogen and oxygen atoms in total. The fourth-order valence-electron chi connectivity index (χ4n) is 3.21. The van der Waals surface area contributed by atoms with E-state index in [-0.39, 0.29) is 23.0 Å². The van der Waals surface area contributed by atoms with Gasteiger partial charge in [-0.05, 0) is 129 Å². The van der Waals surface area contributed by atoms with Crippen LogP contribution in [0.4, 0.5) is 0 Å². The van der Waals surface area contributed by atoms with E-state index in [4.69, 9.17) is 37.8 Å². The van der Waals surface area contributed by atoms with Gasteiger partial charge < -0.3 is 40.9 Å². The van der Waals surface area contributed by atoms with Crippen molar-refractivity contribution in [3.05, 3.63) is 89.5 Å². The fourth-order valence-corrected chi connectivity index (χ4v) is 3.21. The van der Waals surface area contributed by atoms with Crippen LogP contribution in [0.5, 0.6) is 17.2 Å². The monoisotopic (exact) mass is 621 g/mol. The first-order chi connectivity index (χ1) is 19.5. The lowest BCUT2D eigenvalue weighted by Gasteiger charge is -2.21. The second kappa shape index (κ2) is 17.8. The zero-order valence-corrected chi connectivity index (χ0v) is 27.8. The smallest absolute Gasteiger partial charge is 0.120 e. The molecule has 3 aromatic rings. The second-order valence-electron chi connectivity index (χ2n) is 12.2. The van der Waals surface area contributed by atoms with Gasteiger partial charge in [0.2, 0.25) is 0 Å². The SMILES string of the molecule is C[C@H](N)c1ccc(O)cc1.C[C@H]([NH3+])c1ccc(OC(C)(C)C)cc1.C[C@H]([NH3+])c1ccc(OC(C)(C)C)cc1.O=S(=O)([O-])[O-]. The standard InChI is InChI=1S/2C12H19NO.C8H11NO.H2O4S/c2*1-9(13)10-5-7-11(8-6-10)14-12(2,3)4;1-6(9)7-2-4-8(10)5-3-7;1-5(2,3)4/h2*5-9H,13H2,1-4H3;2-6,10H,9H2,1H3;(H2,1,2,3,4)/t2*9-;6-;/m000./s1. The summed E-state index contributed by atoms with van der Waals surface area (Å²) in [6.45, 7) is 18.4. The van der Waals surface area contributed by atoms with E-state index in [1.165, 1.54) is 11.1 Å². The quantitative estimate of drug-likeness (QED) is 0.237. The molecule has 0 bridgehead atoms. The topological polar surface area (TPSA) is 200 Å². The Morgan fingerprint density at radius 3 is 1.12 bits per heavy atom. The Bertz CT molecular complexity index is 1210. The Hall–Kier alpha value is -3.19. The third-order valence-corrected chi connectivity index (χ3v) is 5.17. The molecule has 3 rings (SSSR count). The molecule has 0 aliphatic rings. The van der Waals surface area contributed by atoms with Crippen LogP contribution in [0.15, 0.2) is 72.8 Å². The van der Waals surface area contributed by atoms with Gasteiger partial charge >= 0.3 is 0 Å². The number of quaternary nitrogens is 2. The molecule has 0 radical (unpaired) electrons. The van der Waals surface area contributed by atoms with E-state index in [9.17, 15) is 0 Å². The van der Waals surface area contributed by atoms with Crippen molar-refractivity contribution in [3.63, 3.8) is 0 Å². The molecule has 242 valence electrons. The van der Waals surface area contributed by atoms with Crippen LogP contribution < -0.4 is 26.7 Å². The van der Waals surface area contributed by atoms with Gasteiger partial charge in [-0.2, -0.15) is 0 Å². The first kappa shape index (κ1) is 39.8. The molecular formula is C32H51N3O7S. The summed E-state index contributed by atoms with van der Waals surface area (Å²) >= 11 is 0. The highest BCUT2D eigenvalue weighted by Gasteiger charge is 2.13. The number of nitrogens with two attached hydrogens (primary N) is 1. The summed E-state index contributed by atoms with van der Waals surface area (Å²) in [5, 5.41) is 8.90. The highest BCUT2D eigenvalue weighted by Crippen LogP contribution is 2.21. The average Bonchev–Trinajstić information content (AvgIpc) is 2.83. The zero-order valence-electron chi connectivity index (χ0n) is 27.0. The second-order valence-corrected chi connectivity index (χ2v) is 13.0. The number of phenolic OH excluding ortho intramolecular Hbond substituents is 1. The van der Waals surface area contributed by atoms with Crippen LogP contribution in [0.3, 0.4) is 0 Å². The number of rotatable bonds is 5. The van der Waals surface area contributed by atoms with Crippen LogP contribution in [-0.4, -0.2) is 33.8 Å². The van der Waals surface area contributed by atoms with Crippen LogP contribution >= 0.6 is 0 Å². The largest absolute Gasteiger partial charge is 0.759 e. The van der Waals surface area contributed by atoms with E-state index >= 15 is 0 Å². The maximum atomic E-state index is 8.90. The number of hydrogen-bond donors (Lipinski definition) is 4. The van der Waals surface area contributed by atoms with Crippen molar-refractivity contribution in [3.8, 4) is 17.2 Å². The predicted octanol–water partition coefficient (Wildman–Crippen LogP) is 4.41. The lowest BCUT2D eigenvalue weighted by molar-refractivity contribution is -0.420. The highest BCUT2D eigenvalue weighted by atomic mass is 32.3. The van der Waals surface area contributed by atoms with Crippen molar-refractivity contribution in [2.45, 2.75) is 91.6 Å². The molecule has 0 fully saturated rings. The summed E-state index contributed by atoms with van der Waals surface area (Å²) in [6, 6.07) is 23.9. The van der Waals surface area contributed by atoms with Crippen LogP contribution in [-0.2, 0) is 10.4 Å². The third kappa shape index (κ3) is 22.1. The maximum Gasteiger partial charge on any atom is 0.120 e. The lowest BCUT2D eigenvalue weighted by atomic mass is 10.1. The van der Waals surface area contributed by atoms with Gasteiger partial charge in [-0.1, -0.05) is 12.1 Å². The van der Waals surface area contributed by atoms with Crippen LogP contribution in [0.1, 0.15) is 97.1 Å². The van der Waals surface area contributed by atoms with Crippen LogP contribution in [0.2, 0.25) is 0 Å². The molecule has 0 saturated carbocycles. The predicted molar refractivity (Wildman–Crippen MR) is 167 cm³/mol. The number of hydrogen-bond acceptors (Lipinski definition) is 8. The number of benzene rings is 3. The normalized spacial score (nSPS) is 13.3. The number of ether oxygens (including phenoxy) is 2. The summed E-state index contributed by atoms with van der Waals surface area (Å²) in [5.74, 6) is 2.12. The van der Waals surface area contributed by atoms with Gasteiger partial charge in [0.05, 0.1) is 0 Å². The van der Waals surface area contributed by atoms with Crippen molar-refractivity contribution in [1.29, 1.82) is 0 Å². The molecule has 9 N–H and O–H groups in total. The Kier molecular flexibility index (Phi) is 16.5. The van der Waals surface area contributed by atoms with Crippen molar-refractivity contribution in [2.75, 3.05) is 0 Å². The molecule has 0 aliphatic carbocycles. The van der Waals surface area contributed by atoms with E-state index in [0.717, 1.165) is 17.1 Å². The van der Waals surface area contributed by atoms with Gasteiger partial charge in [0.15, 0.2) is 0 Å². The molecular weight excluding hydrogens is 570 g/mol. The Morgan fingerprint density at radius 1 is 0.651 bits per heavy atom. The number of aromatic hydroxyl groups is 1. The lowest BCUT2D eigenvalue weighted by Crippen LogP contribution is -2.51. The molecule has 0 saturated heterocycles. The van der Waals surface area contributed by atoms with Crippen molar-refractivity contribution >= 4 is 10.4 Å². The minimum atomic E-state index is -5.17. The Morgan fingerprint density at radius 2 is 0.907 bits per heavy atom. The van der Waals surface area contributed by atoms with Crippen LogP contribution in [0, 0.1) is 0 Å². The fraction of sp³-hybridized carbons (Fsp3) is 0.438. The molecule has 43 heavy (non-hydrogen) atoms. The Balaban J connectivity index is 0.000000577. The van der Waals surface area contributed by atoms with Gasteiger partial charge in [0.25, 0.3) is 0 Å². The van der Waals surface area contributed by atoms with E-state index in [0.29, 0.717) is 12.1 Å². The molecule has 0 aromatic heterocycles. The molecule has 0 amide bonds. The summed E-state index contributed by atoms with van der Waals surface area (Å²) in [5.41, 5.74) is 16.8. The summed E-state index contributed by atoms with van der Waals surface area (Å²) in [4.78, 5) is 0. The van der Waals surface area contributed by atoms with Crippen molar-refractivity contribution < 1.29 is 43.6 Å². The molecule has 0 heterocycles. The van der Waals surface area contributed by atoms with E-state index in [1.807, 2.05) is 84.9 Å². The minimum Gasteiger partial charge on any atom is -0.759 e. The van der Waals surface area contributed by atoms with Crippen LogP contribution in [0.25, 0.3) is 0 Å². The third-order valence-electron chi connectivity index (χ3n) is 5.17.